The van der Waals surface area contributed by atoms with Crippen molar-refractivity contribution in [1.82, 2.24) is 10.2 Å². The molecule has 0 atom stereocenters. The van der Waals surface area contributed by atoms with Crippen molar-refractivity contribution >= 4 is 27.7 Å². The van der Waals surface area contributed by atoms with Crippen molar-refractivity contribution in [3.05, 3.63) is 22.6 Å². The Balaban J connectivity index is 1.82. The summed E-state index contributed by atoms with van der Waals surface area (Å²) in [7, 11) is 0. The van der Waals surface area contributed by atoms with Crippen LogP contribution in [-0.2, 0) is 4.79 Å². The van der Waals surface area contributed by atoms with Crippen molar-refractivity contribution < 1.29 is 14.0 Å². The molecular weight excluding hydrogens is 336 g/mol. The number of hydrogen-bond donors (Lipinski definition) is 1. The zero-order chi connectivity index (χ0) is 15.2. The summed E-state index contributed by atoms with van der Waals surface area (Å²) < 4.78 is 5.56. The van der Waals surface area contributed by atoms with Gasteiger partial charge in [-0.2, -0.15) is 0 Å². The average Bonchev–Trinajstić information content (AvgIpc) is 2.93. The van der Waals surface area contributed by atoms with Crippen LogP contribution in [0.15, 0.2) is 21.4 Å². The lowest BCUT2D eigenvalue weighted by Gasteiger charge is -2.31. The van der Waals surface area contributed by atoms with Crippen LogP contribution in [0.5, 0.6) is 0 Å². The van der Waals surface area contributed by atoms with E-state index in [4.69, 9.17) is 4.42 Å². The van der Waals surface area contributed by atoms with Gasteiger partial charge in [-0.1, -0.05) is 13.3 Å². The van der Waals surface area contributed by atoms with Gasteiger partial charge in [0, 0.05) is 25.6 Å². The van der Waals surface area contributed by atoms with Crippen LogP contribution < -0.4 is 5.32 Å². The Hall–Kier alpha value is -1.30. The number of nitrogens with one attached hydrogen (secondary N) is 1. The van der Waals surface area contributed by atoms with E-state index >= 15 is 0 Å². The van der Waals surface area contributed by atoms with Crippen LogP contribution in [0.2, 0.25) is 0 Å². The van der Waals surface area contributed by atoms with Gasteiger partial charge in [-0.3, -0.25) is 9.59 Å². The molecule has 0 saturated carbocycles. The molecule has 0 bridgehead atoms. The van der Waals surface area contributed by atoms with Crippen molar-refractivity contribution in [2.24, 2.45) is 5.92 Å². The number of halogens is 1. The van der Waals surface area contributed by atoms with E-state index in [2.05, 4.69) is 28.2 Å². The second-order valence-corrected chi connectivity index (χ2v) is 6.04. The lowest BCUT2D eigenvalue weighted by molar-refractivity contribution is -0.126. The standard InChI is InChI=1S/C15H21BrN2O3/c1-2-3-7-17-14(19)11-4-8-18(9-5-11)15(20)12-6-10-21-13(12)16/h6,10-11H,2-5,7-9H2,1H3,(H,17,19). The number of amides is 2. The summed E-state index contributed by atoms with van der Waals surface area (Å²) in [5, 5.41) is 2.97. The van der Waals surface area contributed by atoms with Gasteiger partial charge >= 0.3 is 0 Å². The number of carbonyl (C=O) groups is 2. The molecule has 1 N–H and O–H groups in total. The Labute approximate surface area is 133 Å². The van der Waals surface area contributed by atoms with Crippen molar-refractivity contribution in [2.45, 2.75) is 32.6 Å². The number of carbonyl (C=O) groups excluding carboxylic acids is 2. The molecule has 0 aromatic carbocycles. The molecule has 1 fully saturated rings. The van der Waals surface area contributed by atoms with E-state index in [-0.39, 0.29) is 17.7 Å². The minimum atomic E-state index is -0.0412. The molecule has 0 unspecified atom stereocenters. The minimum absolute atomic E-state index is 0.0266. The fraction of sp³-hybridized carbons (Fsp3) is 0.600. The predicted molar refractivity (Wildman–Crippen MR) is 83.0 cm³/mol. The van der Waals surface area contributed by atoms with Gasteiger partial charge in [0.2, 0.25) is 5.91 Å². The Morgan fingerprint density at radius 2 is 2.14 bits per heavy atom. The number of hydrogen-bond acceptors (Lipinski definition) is 3. The third kappa shape index (κ3) is 4.09. The zero-order valence-corrected chi connectivity index (χ0v) is 13.8. The van der Waals surface area contributed by atoms with E-state index in [1.807, 2.05) is 0 Å². The number of nitrogens with zero attached hydrogens (tertiary/aromatic N) is 1. The molecule has 1 saturated heterocycles. The third-order valence-corrected chi connectivity index (χ3v) is 4.44. The predicted octanol–water partition coefficient (Wildman–Crippen LogP) is 2.81. The monoisotopic (exact) mass is 356 g/mol. The van der Waals surface area contributed by atoms with Gasteiger partial charge in [-0.15, -0.1) is 0 Å². The summed E-state index contributed by atoms with van der Waals surface area (Å²) in [6.07, 6.45) is 5.02. The smallest absolute Gasteiger partial charge is 0.258 e. The van der Waals surface area contributed by atoms with Gasteiger partial charge in [0.25, 0.3) is 5.91 Å². The SMILES string of the molecule is CCCCNC(=O)C1CCN(C(=O)c2ccoc2Br)CC1. The van der Waals surface area contributed by atoms with Gasteiger partial charge in [-0.05, 0) is 41.3 Å². The number of likely N-dealkylation sites (tertiary alicyclic amines) is 1. The highest BCUT2D eigenvalue weighted by Gasteiger charge is 2.28. The minimum Gasteiger partial charge on any atom is -0.457 e. The van der Waals surface area contributed by atoms with Crippen LogP contribution in [0, 0.1) is 5.92 Å². The molecule has 2 heterocycles. The number of rotatable bonds is 5. The van der Waals surface area contributed by atoms with Crippen LogP contribution in [-0.4, -0.2) is 36.3 Å². The average molecular weight is 357 g/mol. The molecule has 0 radical (unpaired) electrons. The van der Waals surface area contributed by atoms with Gasteiger partial charge in [0.1, 0.15) is 0 Å². The maximum absolute atomic E-state index is 12.3. The van der Waals surface area contributed by atoms with Gasteiger partial charge in [0.15, 0.2) is 4.67 Å². The van der Waals surface area contributed by atoms with E-state index in [1.165, 1.54) is 6.26 Å². The summed E-state index contributed by atoms with van der Waals surface area (Å²) >= 11 is 3.23. The lowest BCUT2D eigenvalue weighted by Crippen LogP contribution is -2.43. The van der Waals surface area contributed by atoms with Gasteiger partial charge in [0.05, 0.1) is 11.8 Å². The molecule has 2 amide bonds. The van der Waals surface area contributed by atoms with Crippen molar-refractivity contribution in [2.75, 3.05) is 19.6 Å². The molecule has 5 nitrogen and oxygen atoms in total. The molecule has 6 heteroatoms. The number of piperidine rings is 1. The fourth-order valence-electron chi connectivity index (χ4n) is 2.49. The van der Waals surface area contributed by atoms with Crippen molar-refractivity contribution in [3.63, 3.8) is 0 Å². The maximum Gasteiger partial charge on any atom is 0.258 e. The fourth-order valence-corrected chi connectivity index (χ4v) is 2.90. The summed E-state index contributed by atoms with van der Waals surface area (Å²) in [6.45, 7) is 4.07. The molecule has 2 rings (SSSR count). The zero-order valence-electron chi connectivity index (χ0n) is 12.2. The number of unbranched alkanes of at least 4 members (excludes halogenated alkanes) is 1. The molecule has 1 aliphatic heterocycles. The molecule has 1 aromatic rings. The van der Waals surface area contributed by atoms with Crippen molar-refractivity contribution in [3.8, 4) is 0 Å². The van der Waals surface area contributed by atoms with Crippen molar-refractivity contribution in [1.29, 1.82) is 0 Å². The largest absolute Gasteiger partial charge is 0.457 e. The molecular formula is C15H21BrN2O3. The van der Waals surface area contributed by atoms with Crippen LogP contribution in [0.25, 0.3) is 0 Å². The highest BCUT2D eigenvalue weighted by Crippen LogP contribution is 2.23. The third-order valence-electron chi connectivity index (χ3n) is 3.83. The topological polar surface area (TPSA) is 62.6 Å². The van der Waals surface area contributed by atoms with Crippen LogP contribution in [0.4, 0.5) is 0 Å². The van der Waals surface area contributed by atoms with E-state index in [0.717, 1.165) is 32.2 Å². The highest BCUT2D eigenvalue weighted by atomic mass is 79.9. The molecule has 0 spiro atoms. The summed E-state index contributed by atoms with van der Waals surface area (Å²) in [6, 6.07) is 1.66. The summed E-state index contributed by atoms with van der Waals surface area (Å²) in [4.78, 5) is 26.1. The summed E-state index contributed by atoms with van der Waals surface area (Å²) in [5.41, 5.74) is 0.542. The van der Waals surface area contributed by atoms with E-state index in [9.17, 15) is 9.59 Å². The van der Waals surface area contributed by atoms with Crippen LogP contribution in [0.3, 0.4) is 0 Å². The first kappa shape index (κ1) is 16.1. The summed E-state index contributed by atoms with van der Waals surface area (Å²) in [5.74, 6) is 0.110. The molecule has 0 aliphatic carbocycles. The lowest BCUT2D eigenvalue weighted by atomic mass is 9.95. The molecule has 1 aromatic heterocycles. The highest BCUT2D eigenvalue weighted by molar-refractivity contribution is 9.10. The molecule has 21 heavy (non-hydrogen) atoms. The molecule has 116 valence electrons. The van der Waals surface area contributed by atoms with E-state index in [0.29, 0.717) is 23.3 Å². The molecule has 1 aliphatic rings. The first-order chi connectivity index (χ1) is 10.1. The van der Waals surface area contributed by atoms with Crippen LogP contribution in [0.1, 0.15) is 43.0 Å². The van der Waals surface area contributed by atoms with Crippen LogP contribution >= 0.6 is 15.9 Å². The Bertz CT molecular complexity index is 493. The second kappa shape index (κ2) is 7.64. The Kier molecular flexibility index (Phi) is 5.85. The quantitative estimate of drug-likeness (QED) is 0.825. The van der Waals surface area contributed by atoms with Gasteiger partial charge in [-0.25, -0.2) is 0 Å². The van der Waals surface area contributed by atoms with Gasteiger partial charge < -0.3 is 14.6 Å². The van der Waals surface area contributed by atoms with E-state index < -0.39 is 0 Å². The maximum atomic E-state index is 12.3. The second-order valence-electron chi connectivity index (χ2n) is 5.32. The van der Waals surface area contributed by atoms with E-state index in [1.54, 1.807) is 11.0 Å². The Morgan fingerprint density at radius 1 is 1.43 bits per heavy atom. The first-order valence-corrected chi connectivity index (χ1v) is 8.22. The Morgan fingerprint density at radius 3 is 2.71 bits per heavy atom. The first-order valence-electron chi connectivity index (χ1n) is 7.43. The number of furan rings is 1. The normalized spacial score (nSPS) is 16.0.